The molecule has 2 nitrogen and oxygen atoms in total. The first-order valence-corrected chi connectivity index (χ1v) is 7.95. The fourth-order valence-electron chi connectivity index (χ4n) is 3.38. The van der Waals surface area contributed by atoms with E-state index in [2.05, 4.69) is 26.1 Å². The summed E-state index contributed by atoms with van der Waals surface area (Å²) >= 11 is 3.19. The maximum Gasteiger partial charge on any atom is 0.137 e. The summed E-state index contributed by atoms with van der Waals surface area (Å²) in [4.78, 5) is 2.61. The van der Waals surface area contributed by atoms with Gasteiger partial charge in [-0.15, -0.1) is 0 Å². The van der Waals surface area contributed by atoms with Crippen molar-refractivity contribution in [3.05, 3.63) is 34.1 Å². The third kappa shape index (κ3) is 3.01. The predicted molar refractivity (Wildman–Crippen MR) is 78.6 cm³/mol. The minimum absolute atomic E-state index is 0.176. The van der Waals surface area contributed by atoms with Crippen LogP contribution in [-0.4, -0.2) is 30.1 Å². The van der Waals surface area contributed by atoms with Crippen LogP contribution in [0.4, 0.5) is 4.39 Å². The number of benzene rings is 1. The van der Waals surface area contributed by atoms with Gasteiger partial charge in [0, 0.05) is 25.2 Å². The molecule has 2 aliphatic heterocycles. The molecule has 19 heavy (non-hydrogen) atoms. The molecule has 1 aromatic carbocycles. The number of fused-ring (bicyclic) bond motifs is 1. The molecule has 0 saturated carbocycles. The molecule has 2 heterocycles. The van der Waals surface area contributed by atoms with E-state index in [1.807, 2.05) is 6.07 Å². The molecule has 0 aliphatic carbocycles. The third-order valence-corrected chi connectivity index (χ3v) is 5.05. The Morgan fingerprint density at radius 2 is 2.16 bits per heavy atom. The highest BCUT2D eigenvalue weighted by molar-refractivity contribution is 9.10. The van der Waals surface area contributed by atoms with Crippen LogP contribution in [0.3, 0.4) is 0 Å². The highest BCUT2D eigenvalue weighted by atomic mass is 79.9. The second-order valence-electron chi connectivity index (χ2n) is 5.62. The lowest BCUT2D eigenvalue weighted by atomic mass is 9.99. The minimum Gasteiger partial charge on any atom is -0.308 e. The van der Waals surface area contributed by atoms with Gasteiger partial charge in [-0.1, -0.05) is 12.5 Å². The smallest absolute Gasteiger partial charge is 0.137 e. The largest absolute Gasteiger partial charge is 0.308 e. The van der Waals surface area contributed by atoms with Crippen molar-refractivity contribution in [3.8, 4) is 0 Å². The van der Waals surface area contributed by atoms with Gasteiger partial charge in [0.15, 0.2) is 0 Å². The lowest BCUT2D eigenvalue weighted by Crippen LogP contribution is -2.44. The van der Waals surface area contributed by atoms with Crippen molar-refractivity contribution < 1.29 is 4.39 Å². The van der Waals surface area contributed by atoms with E-state index in [0.717, 1.165) is 12.1 Å². The number of rotatable bonds is 3. The molecular weight excluding hydrogens is 307 g/mol. The van der Waals surface area contributed by atoms with Crippen molar-refractivity contribution in [2.45, 2.75) is 44.3 Å². The standard InChI is InChI=1S/C15H20BrFN2/c16-12-5-4-11(9-13(12)17)10-18-14-6-8-19-7-2-1-3-15(14)19/h4-5,9,14-15,18H,1-3,6-8,10H2. The number of hydrogen-bond acceptors (Lipinski definition) is 2. The summed E-state index contributed by atoms with van der Waals surface area (Å²) in [7, 11) is 0. The zero-order chi connectivity index (χ0) is 13.2. The Morgan fingerprint density at radius 3 is 3.00 bits per heavy atom. The molecule has 1 N–H and O–H groups in total. The van der Waals surface area contributed by atoms with Gasteiger partial charge in [-0.05, 0) is 59.4 Å². The van der Waals surface area contributed by atoms with Gasteiger partial charge in [-0.25, -0.2) is 4.39 Å². The quantitative estimate of drug-likeness (QED) is 0.916. The molecular formula is C15H20BrFN2. The number of nitrogens with zero attached hydrogens (tertiary/aromatic N) is 1. The highest BCUT2D eigenvalue weighted by Gasteiger charge is 2.34. The summed E-state index contributed by atoms with van der Waals surface area (Å²) in [6.07, 6.45) is 5.24. The summed E-state index contributed by atoms with van der Waals surface area (Å²) in [5, 5.41) is 3.62. The van der Waals surface area contributed by atoms with Crippen molar-refractivity contribution in [1.82, 2.24) is 10.2 Å². The number of nitrogens with one attached hydrogen (secondary N) is 1. The fraction of sp³-hybridized carbons (Fsp3) is 0.600. The first kappa shape index (κ1) is 13.5. The normalized spacial score (nSPS) is 27.5. The van der Waals surface area contributed by atoms with Gasteiger partial charge in [0.1, 0.15) is 5.82 Å². The average molecular weight is 327 g/mol. The Kier molecular flexibility index (Phi) is 4.20. The van der Waals surface area contributed by atoms with E-state index in [4.69, 9.17) is 0 Å². The van der Waals surface area contributed by atoms with Crippen LogP contribution in [0, 0.1) is 5.82 Å². The van der Waals surface area contributed by atoms with Gasteiger partial charge in [-0.2, -0.15) is 0 Å². The van der Waals surface area contributed by atoms with Crippen LogP contribution in [0.15, 0.2) is 22.7 Å². The Balaban J connectivity index is 1.58. The van der Waals surface area contributed by atoms with Crippen LogP contribution in [0.2, 0.25) is 0 Å². The zero-order valence-electron chi connectivity index (χ0n) is 11.0. The van der Waals surface area contributed by atoms with E-state index < -0.39 is 0 Å². The fourth-order valence-corrected chi connectivity index (χ4v) is 3.63. The molecule has 2 saturated heterocycles. The summed E-state index contributed by atoms with van der Waals surface area (Å²) in [6.45, 7) is 3.24. The van der Waals surface area contributed by atoms with Gasteiger partial charge in [0.25, 0.3) is 0 Å². The lowest BCUT2D eigenvalue weighted by Gasteiger charge is -2.32. The second kappa shape index (κ2) is 5.90. The van der Waals surface area contributed by atoms with E-state index in [9.17, 15) is 4.39 Å². The molecule has 4 heteroatoms. The maximum atomic E-state index is 13.5. The van der Waals surface area contributed by atoms with E-state index in [-0.39, 0.29) is 5.82 Å². The molecule has 3 rings (SSSR count). The molecule has 104 valence electrons. The van der Waals surface area contributed by atoms with E-state index in [1.165, 1.54) is 38.8 Å². The molecule has 0 amide bonds. The maximum absolute atomic E-state index is 13.5. The van der Waals surface area contributed by atoms with Gasteiger partial charge < -0.3 is 5.32 Å². The van der Waals surface area contributed by atoms with Crippen LogP contribution in [0.25, 0.3) is 0 Å². The summed E-state index contributed by atoms with van der Waals surface area (Å²) in [6, 6.07) is 6.66. The molecule has 0 bridgehead atoms. The van der Waals surface area contributed by atoms with E-state index >= 15 is 0 Å². The topological polar surface area (TPSA) is 15.3 Å². The Bertz CT molecular complexity index is 452. The minimum atomic E-state index is -0.176. The first-order chi connectivity index (χ1) is 9.24. The Hall–Kier alpha value is -0.450. The molecule has 2 aliphatic rings. The number of piperidine rings is 1. The van der Waals surface area contributed by atoms with Crippen LogP contribution < -0.4 is 5.32 Å². The summed E-state index contributed by atoms with van der Waals surface area (Å²) in [5.41, 5.74) is 1.02. The molecule has 0 aromatic heterocycles. The second-order valence-corrected chi connectivity index (χ2v) is 6.48. The third-order valence-electron chi connectivity index (χ3n) is 4.41. The lowest BCUT2D eigenvalue weighted by molar-refractivity contribution is 0.180. The summed E-state index contributed by atoms with van der Waals surface area (Å²) in [5.74, 6) is -0.176. The van der Waals surface area contributed by atoms with Crippen LogP contribution in [-0.2, 0) is 6.54 Å². The van der Waals surface area contributed by atoms with Crippen molar-refractivity contribution in [2.24, 2.45) is 0 Å². The highest BCUT2D eigenvalue weighted by Crippen LogP contribution is 2.27. The molecule has 2 unspecified atom stereocenters. The summed E-state index contributed by atoms with van der Waals surface area (Å²) < 4.78 is 14.0. The van der Waals surface area contributed by atoms with Gasteiger partial charge in [0.2, 0.25) is 0 Å². The van der Waals surface area contributed by atoms with E-state index in [0.29, 0.717) is 16.6 Å². The van der Waals surface area contributed by atoms with Crippen LogP contribution >= 0.6 is 15.9 Å². The van der Waals surface area contributed by atoms with E-state index in [1.54, 1.807) is 12.1 Å². The number of halogens is 2. The monoisotopic (exact) mass is 326 g/mol. The Morgan fingerprint density at radius 1 is 1.26 bits per heavy atom. The van der Waals surface area contributed by atoms with Crippen molar-refractivity contribution in [3.63, 3.8) is 0 Å². The average Bonchev–Trinajstić information content (AvgIpc) is 2.83. The molecule has 2 fully saturated rings. The molecule has 0 radical (unpaired) electrons. The van der Waals surface area contributed by atoms with Gasteiger partial charge in [-0.3, -0.25) is 4.90 Å². The van der Waals surface area contributed by atoms with Crippen LogP contribution in [0.1, 0.15) is 31.2 Å². The van der Waals surface area contributed by atoms with Gasteiger partial charge >= 0.3 is 0 Å². The molecule has 1 aromatic rings. The van der Waals surface area contributed by atoms with Crippen LogP contribution in [0.5, 0.6) is 0 Å². The molecule has 0 spiro atoms. The zero-order valence-corrected chi connectivity index (χ0v) is 12.6. The predicted octanol–water partition coefficient (Wildman–Crippen LogP) is 3.30. The van der Waals surface area contributed by atoms with Crippen molar-refractivity contribution >= 4 is 15.9 Å². The Labute approximate surface area is 122 Å². The SMILES string of the molecule is Fc1cc(CNC2CCN3CCCCC23)ccc1Br. The first-order valence-electron chi connectivity index (χ1n) is 7.15. The van der Waals surface area contributed by atoms with Crippen molar-refractivity contribution in [1.29, 1.82) is 0 Å². The van der Waals surface area contributed by atoms with Gasteiger partial charge in [0.05, 0.1) is 4.47 Å². The molecule has 2 atom stereocenters. The van der Waals surface area contributed by atoms with Crippen molar-refractivity contribution in [2.75, 3.05) is 13.1 Å². The number of hydrogen-bond donors (Lipinski definition) is 1.